The summed E-state index contributed by atoms with van der Waals surface area (Å²) in [6.07, 6.45) is 2.64. The second kappa shape index (κ2) is 7.03. The van der Waals surface area contributed by atoms with Crippen molar-refractivity contribution in [2.75, 3.05) is 25.2 Å². The fourth-order valence-corrected chi connectivity index (χ4v) is 3.44. The number of Topliss-reactive ketones (excluding diaryl/α,β-unsaturated/α-hetero) is 1. The molecule has 142 valence electrons. The van der Waals surface area contributed by atoms with E-state index in [0.717, 1.165) is 6.26 Å². The number of ether oxygens (including phenoxy) is 1. The SMILES string of the molecule is COc1cc(NCC(=O)c2c[nH]c3cc(F)c(C)cc23)cc(S(C)(=O)=O)c1. The molecule has 8 heteroatoms. The number of aryl methyl sites for hydroxylation is 1. The van der Waals surface area contributed by atoms with Crippen LogP contribution < -0.4 is 10.1 Å². The van der Waals surface area contributed by atoms with Crippen LogP contribution in [0.3, 0.4) is 0 Å². The summed E-state index contributed by atoms with van der Waals surface area (Å²) in [5.41, 5.74) is 1.88. The predicted octanol–water partition coefficient (Wildman–Crippen LogP) is 3.32. The van der Waals surface area contributed by atoms with Crippen LogP contribution in [0.2, 0.25) is 0 Å². The number of ketones is 1. The normalized spacial score (nSPS) is 11.6. The fraction of sp³-hybridized carbons (Fsp3) is 0.211. The predicted molar refractivity (Wildman–Crippen MR) is 102 cm³/mol. The Bertz CT molecular complexity index is 1140. The molecule has 0 spiro atoms. The number of carbonyl (C=O) groups excluding carboxylic acids is 1. The highest BCUT2D eigenvalue weighted by atomic mass is 32.2. The van der Waals surface area contributed by atoms with E-state index in [0.29, 0.717) is 33.5 Å². The molecule has 0 aliphatic rings. The molecule has 27 heavy (non-hydrogen) atoms. The maximum absolute atomic E-state index is 13.7. The molecule has 0 saturated heterocycles. The number of nitrogens with one attached hydrogen (secondary N) is 2. The van der Waals surface area contributed by atoms with Crippen molar-refractivity contribution in [3.05, 3.63) is 53.5 Å². The molecule has 0 aliphatic carbocycles. The van der Waals surface area contributed by atoms with Crippen LogP contribution in [0.4, 0.5) is 10.1 Å². The summed E-state index contributed by atoms with van der Waals surface area (Å²) in [5, 5.41) is 3.57. The molecule has 3 aromatic rings. The topological polar surface area (TPSA) is 88.3 Å². The van der Waals surface area contributed by atoms with Gasteiger partial charge in [0, 0.05) is 40.7 Å². The van der Waals surface area contributed by atoms with E-state index in [1.165, 1.54) is 25.3 Å². The van der Waals surface area contributed by atoms with E-state index in [2.05, 4.69) is 10.3 Å². The monoisotopic (exact) mass is 390 g/mol. The number of fused-ring (bicyclic) bond motifs is 1. The third kappa shape index (κ3) is 3.95. The number of carbonyl (C=O) groups is 1. The van der Waals surface area contributed by atoms with Crippen LogP contribution >= 0.6 is 0 Å². The first-order chi connectivity index (χ1) is 12.7. The van der Waals surface area contributed by atoms with Crippen LogP contribution in [0.15, 0.2) is 41.4 Å². The number of H-pyrrole nitrogens is 1. The molecule has 2 N–H and O–H groups in total. The first-order valence-electron chi connectivity index (χ1n) is 8.12. The number of aromatic amines is 1. The van der Waals surface area contributed by atoms with Gasteiger partial charge in [0.2, 0.25) is 0 Å². The lowest BCUT2D eigenvalue weighted by Crippen LogP contribution is -2.14. The Morgan fingerprint density at radius 1 is 1.22 bits per heavy atom. The van der Waals surface area contributed by atoms with Gasteiger partial charge in [0.1, 0.15) is 11.6 Å². The summed E-state index contributed by atoms with van der Waals surface area (Å²) in [6.45, 7) is 1.58. The van der Waals surface area contributed by atoms with E-state index in [1.807, 2.05) is 0 Å². The molecule has 0 radical (unpaired) electrons. The number of benzene rings is 2. The summed E-state index contributed by atoms with van der Waals surface area (Å²) in [5.74, 6) is -0.187. The summed E-state index contributed by atoms with van der Waals surface area (Å²) in [6, 6.07) is 7.45. The van der Waals surface area contributed by atoms with E-state index in [-0.39, 0.29) is 23.0 Å². The minimum Gasteiger partial charge on any atom is -0.497 e. The van der Waals surface area contributed by atoms with E-state index in [4.69, 9.17) is 4.74 Å². The van der Waals surface area contributed by atoms with Gasteiger partial charge < -0.3 is 15.0 Å². The Kier molecular flexibility index (Phi) is 4.93. The lowest BCUT2D eigenvalue weighted by atomic mass is 10.1. The molecule has 1 aromatic heterocycles. The van der Waals surface area contributed by atoms with Crippen LogP contribution in [0.1, 0.15) is 15.9 Å². The molecular weight excluding hydrogens is 371 g/mol. The fourth-order valence-electron chi connectivity index (χ4n) is 2.77. The lowest BCUT2D eigenvalue weighted by Gasteiger charge is -2.10. The lowest BCUT2D eigenvalue weighted by molar-refractivity contribution is 0.101. The highest BCUT2D eigenvalue weighted by molar-refractivity contribution is 7.90. The van der Waals surface area contributed by atoms with E-state index in [9.17, 15) is 17.6 Å². The highest BCUT2D eigenvalue weighted by Crippen LogP contribution is 2.25. The van der Waals surface area contributed by atoms with E-state index in [1.54, 1.807) is 25.3 Å². The third-order valence-electron chi connectivity index (χ3n) is 4.26. The third-order valence-corrected chi connectivity index (χ3v) is 5.35. The van der Waals surface area contributed by atoms with Gasteiger partial charge in [-0.1, -0.05) is 0 Å². The van der Waals surface area contributed by atoms with Crippen molar-refractivity contribution in [3.8, 4) is 5.75 Å². The van der Waals surface area contributed by atoms with Gasteiger partial charge >= 0.3 is 0 Å². The van der Waals surface area contributed by atoms with Crippen molar-refractivity contribution in [1.82, 2.24) is 4.98 Å². The van der Waals surface area contributed by atoms with Crippen LogP contribution in [0.25, 0.3) is 10.9 Å². The smallest absolute Gasteiger partial charge is 0.183 e. The average molecular weight is 390 g/mol. The Labute approximate surface area is 156 Å². The van der Waals surface area contributed by atoms with Gasteiger partial charge in [-0.2, -0.15) is 0 Å². The number of anilines is 1. The number of hydrogen-bond donors (Lipinski definition) is 2. The minimum absolute atomic E-state index is 0.0558. The van der Waals surface area contributed by atoms with Gasteiger partial charge in [-0.3, -0.25) is 4.79 Å². The van der Waals surface area contributed by atoms with E-state index >= 15 is 0 Å². The maximum Gasteiger partial charge on any atom is 0.183 e. The molecule has 0 saturated carbocycles. The van der Waals surface area contributed by atoms with Gasteiger partial charge in [0.25, 0.3) is 0 Å². The van der Waals surface area contributed by atoms with Crippen molar-refractivity contribution in [2.45, 2.75) is 11.8 Å². The standard InChI is InChI=1S/C19H19FN2O4S/c1-11-4-15-16(9-22-18(15)8-17(11)20)19(23)10-21-12-5-13(26-2)7-14(6-12)27(3,24)25/h4-9,21-22H,10H2,1-3H3. The molecule has 0 fully saturated rings. The second-order valence-electron chi connectivity index (χ2n) is 6.30. The van der Waals surface area contributed by atoms with Gasteiger partial charge in [-0.15, -0.1) is 0 Å². The summed E-state index contributed by atoms with van der Waals surface area (Å²) >= 11 is 0. The van der Waals surface area contributed by atoms with Gasteiger partial charge in [0.05, 0.1) is 18.6 Å². The Morgan fingerprint density at radius 2 is 1.96 bits per heavy atom. The maximum atomic E-state index is 13.7. The van der Waals surface area contributed by atoms with Crippen molar-refractivity contribution >= 4 is 32.2 Å². The number of sulfone groups is 1. The molecule has 3 rings (SSSR count). The molecular formula is C19H19FN2O4S. The van der Waals surface area contributed by atoms with Crippen LogP contribution in [-0.4, -0.2) is 39.1 Å². The number of halogens is 1. The summed E-state index contributed by atoms with van der Waals surface area (Å²) in [7, 11) is -1.99. The zero-order valence-electron chi connectivity index (χ0n) is 15.1. The molecule has 0 unspecified atom stereocenters. The molecule has 2 aromatic carbocycles. The zero-order valence-corrected chi connectivity index (χ0v) is 15.9. The Balaban J connectivity index is 1.85. The highest BCUT2D eigenvalue weighted by Gasteiger charge is 2.15. The average Bonchev–Trinajstić information content (AvgIpc) is 3.01. The zero-order chi connectivity index (χ0) is 19.8. The molecule has 0 atom stereocenters. The quantitative estimate of drug-likeness (QED) is 0.631. The number of methoxy groups -OCH3 is 1. The molecule has 6 nitrogen and oxygen atoms in total. The van der Waals surface area contributed by atoms with Gasteiger partial charge in [-0.05, 0) is 36.8 Å². The molecule has 1 heterocycles. The molecule has 0 aliphatic heterocycles. The van der Waals surface area contributed by atoms with Crippen molar-refractivity contribution < 1.29 is 22.3 Å². The van der Waals surface area contributed by atoms with Gasteiger partial charge in [0.15, 0.2) is 15.6 Å². The summed E-state index contributed by atoms with van der Waals surface area (Å²) < 4.78 is 42.4. The Hall–Kier alpha value is -2.87. The Morgan fingerprint density at radius 3 is 2.63 bits per heavy atom. The van der Waals surface area contributed by atoms with Crippen LogP contribution in [0.5, 0.6) is 5.75 Å². The van der Waals surface area contributed by atoms with Crippen molar-refractivity contribution in [3.63, 3.8) is 0 Å². The largest absolute Gasteiger partial charge is 0.497 e. The number of hydrogen-bond acceptors (Lipinski definition) is 5. The van der Waals surface area contributed by atoms with Crippen LogP contribution in [0, 0.1) is 12.7 Å². The molecule has 0 bridgehead atoms. The first kappa shape index (κ1) is 18.9. The van der Waals surface area contributed by atoms with Crippen LogP contribution in [-0.2, 0) is 9.84 Å². The second-order valence-corrected chi connectivity index (χ2v) is 8.31. The van der Waals surface area contributed by atoms with Gasteiger partial charge in [-0.25, -0.2) is 12.8 Å². The minimum atomic E-state index is -3.42. The number of aromatic nitrogens is 1. The van der Waals surface area contributed by atoms with Crippen molar-refractivity contribution in [2.24, 2.45) is 0 Å². The first-order valence-corrected chi connectivity index (χ1v) is 10.0. The van der Waals surface area contributed by atoms with Crippen molar-refractivity contribution in [1.29, 1.82) is 0 Å². The number of rotatable bonds is 6. The molecule has 0 amide bonds. The van der Waals surface area contributed by atoms with E-state index < -0.39 is 9.84 Å². The summed E-state index contributed by atoms with van der Waals surface area (Å²) in [4.78, 5) is 15.6.